The van der Waals surface area contributed by atoms with E-state index in [9.17, 15) is 28.8 Å². The molecule has 3 atom stereocenters. The zero-order valence-corrected chi connectivity index (χ0v) is 27.8. The summed E-state index contributed by atoms with van der Waals surface area (Å²) in [6.07, 6.45) is 0.816. The van der Waals surface area contributed by atoms with Crippen molar-refractivity contribution in [3.8, 4) is 0 Å². The van der Waals surface area contributed by atoms with Crippen LogP contribution in [0.1, 0.15) is 80.7 Å². The number of hydrogen-bond acceptors (Lipinski definition) is 7. The number of nitrogens with one attached hydrogen (secondary N) is 5. The van der Waals surface area contributed by atoms with Crippen molar-refractivity contribution in [1.29, 1.82) is 0 Å². The maximum atomic E-state index is 13.5. The van der Waals surface area contributed by atoms with Crippen molar-refractivity contribution >= 4 is 35.5 Å². The van der Waals surface area contributed by atoms with Gasteiger partial charge in [-0.15, -0.1) is 0 Å². The van der Waals surface area contributed by atoms with E-state index in [2.05, 4.69) is 26.6 Å². The van der Waals surface area contributed by atoms with E-state index in [1.807, 2.05) is 58.0 Å². The van der Waals surface area contributed by atoms with Gasteiger partial charge >= 0.3 is 5.97 Å². The minimum absolute atomic E-state index is 0.00883. The molecule has 0 aliphatic heterocycles. The van der Waals surface area contributed by atoms with Gasteiger partial charge in [0.2, 0.25) is 29.5 Å². The number of carbonyl (C=O) groups excluding carboxylic acids is 6. The van der Waals surface area contributed by atoms with E-state index in [1.54, 1.807) is 0 Å². The van der Waals surface area contributed by atoms with Crippen LogP contribution in [0.4, 0.5) is 0 Å². The maximum Gasteiger partial charge on any atom is 0.328 e. The molecule has 0 spiro atoms. The van der Waals surface area contributed by atoms with Crippen LogP contribution in [0.2, 0.25) is 0 Å². The van der Waals surface area contributed by atoms with Crippen molar-refractivity contribution in [2.75, 3.05) is 7.11 Å². The molecule has 0 radical (unpaired) electrons. The molecule has 0 heterocycles. The fourth-order valence-corrected chi connectivity index (χ4v) is 4.42. The summed E-state index contributed by atoms with van der Waals surface area (Å²) in [4.78, 5) is 77.2. The number of hydrogen-bond donors (Lipinski definition) is 5. The summed E-state index contributed by atoms with van der Waals surface area (Å²) in [7, 11) is 1.23. The van der Waals surface area contributed by atoms with Gasteiger partial charge in [0.1, 0.15) is 29.2 Å². The average Bonchev–Trinajstić information content (AvgIpc) is 2.90. The lowest BCUT2D eigenvalue weighted by atomic mass is 9.96. The Morgan fingerprint density at radius 1 is 0.682 bits per heavy atom. The highest BCUT2D eigenvalue weighted by Gasteiger charge is 2.38. The minimum atomic E-state index is -1.47. The molecule has 44 heavy (non-hydrogen) atoms. The van der Waals surface area contributed by atoms with Crippen molar-refractivity contribution < 1.29 is 33.5 Å². The average molecular weight is 618 g/mol. The molecule has 0 aliphatic carbocycles. The first-order valence-corrected chi connectivity index (χ1v) is 14.9. The van der Waals surface area contributed by atoms with Gasteiger partial charge in [0.05, 0.1) is 7.11 Å². The van der Waals surface area contributed by atoms with Crippen molar-refractivity contribution in [2.45, 2.75) is 111 Å². The summed E-state index contributed by atoms with van der Waals surface area (Å²) in [6.45, 7) is 14.9. The molecular formula is C32H51N5O7. The standard InChI is InChI=1S/C32H51N5O7/c1-19(2)16-23(33-21(5)38)26(39)36-31(6,7)29(42)34-24(17-20(3)4)27(40)37-32(8,9)30(43)35-25(28(41)44-10)18-22-14-12-11-13-15-22/h11-15,19-20,23-25H,16-18H2,1-10H3,(H,33,38)(H,34,42)(H,35,43)(H,36,39)(H,37,40)/t23-,24-,25-/m0/s1. The molecular weight excluding hydrogens is 566 g/mol. The lowest BCUT2D eigenvalue weighted by Gasteiger charge is -2.32. The van der Waals surface area contributed by atoms with Crippen LogP contribution in [-0.2, 0) is 39.9 Å². The van der Waals surface area contributed by atoms with Gasteiger partial charge < -0.3 is 31.3 Å². The Hall–Kier alpha value is -3.96. The zero-order chi connectivity index (χ0) is 33.8. The van der Waals surface area contributed by atoms with E-state index in [1.165, 1.54) is 41.7 Å². The monoisotopic (exact) mass is 617 g/mol. The smallest absolute Gasteiger partial charge is 0.328 e. The normalized spacial score (nSPS) is 13.7. The van der Waals surface area contributed by atoms with Crippen LogP contribution < -0.4 is 26.6 Å². The van der Waals surface area contributed by atoms with Gasteiger partial charge in [0.15, 0.2) is 0 Å². The van der Waals surface area contributed by atoms with Crippen LogP contribution in [0.3, 0.4) is 0 Å². The van der Waals surface area contributed by atoms with Crippen molar-refractivity contribution in [2.24, 2.45) is 11.8 Å². The molecule has 0 fully saturated rings. The number of amides is 5. The summed E-state index contributed by atoms with van der Waals surface area (Å²) in [5.41, 5.74) is -2.09. The number of esters is 1. The van der Waals surface area contributed by atoms with Gasteiger partial charge in [0.25, 0.3) is 0 Å². The lowest BCUT2D eigenvalue weighted by Crippen LogP contribution is -2.64. The molecule has 1 aromatic carbocycles. The van der Waals surface area contributed by atoms with Gasteiger partial charge in [-0.05, 0) is 57.9 Å². The second kappa shape index (κ2) is 16.8. The first-order valence-electron chi connectivity index (χ1n) is 14.9. The highest BCUT2D eigenvalue weighted by Crippen LogP contribution is 2.13. The largest absolute Gasteiger partial charge is 0.467 e. The number of rotatable bonds is 16. The van der Waals surface area contributed by atoms with E-state index in [-0.39, 0.29) is 30.6 Å². The van der Waals surface area contributed by atoms with Gasteiger partial charge in [0, 0.05) is 13.3 Å². The minimum Gasteiger partial charge on any atom is -0.467 e. The number of benzene rings is 1. The molecule has 0 aromatic heterocycles. The third-order valence-electron chi connectivity index (χ3n) is 6.81. The van der Waals surface area contributed by atoms with E-state index in [4.69, 9.17) is 4.74 Å². The third kappa shape index (κ3) is 12.7. The molecule has 5 N–H and O–H groups in total. The molecule has 0 saturated carbocycles. The van der Waals surface area contributed by atoms with Gasteiger partial charge in [-0.25, -0.2) is 4.79 Å². The SMILES string of the molecule is COC(=O)[C@H](Cc1ccccc1)NC(=O)C(C)(C)NC(=O)[C@H](CC(C)C)NC(=O)C(C)(C)NC(=O)[C@H](CC(C)C)NC(C)=O. The Balaban J connectivity index is 3.05. The number of ether oxygens (including phenoxy) is 1. The molecule has 0 unspecified atom stereocenters. The molecule has 246 valence electrons. The van der Waals surface area contributed by atoms with Gasteiger partial charge in [-0.3, -0.25) is 24.0 Å². The first kappa shape index (κ1) is 38.1. The second-order valence-corrected chi connectivity index (χ2v) is 13.0. The Morgan fingerprint density at radius 3 is 1.48 bits per heavy atom. The van der Waals surface area contributed by atoms with Crippen molar-refractivity contribution in [1.82, 2.24) is 26.6 Å². The summed E-state index contributed by atoms with van der Waals surface area (Å²) in [6, 6.07) is 6.27. The molecule has 1 aromatic rings. The molecule has 0 saturated heterocycles. The van der Waals surface area contributed by atoms with E-state index < -0.39 is 58.8 Å². The topological polar surface area (TPSA) is 172 Å². The van der Waals surface area contributed by atoms with Crippen LogP contribution in [0.5, 0.6) is 0 Å². The predicted octanol–water partition coefficient (Wildman–Crippen LogP) is 1.76. The Morgan fingerprint density at radius 2 is 1.09 bits per heavy atom. The number of carbonyl (C=O) groups is 6. The lowest BCUT2D eigenvalue weighted by molar-refractivity contribution is -0.146. The van der Waals surface area contributed by atoms with E-state index in [0.717, 1.165) is 5.56 Å². The second-order valence-electron chi connectivity index (χ2n) is 13.0. The number of methoxy groups -OCH3 is 1. The fourth-order valence-electron chi connectivity index (χ4n) is 4.42. The van der Waals surface area contributed by atoms with Gasteiger partial charge in [-0.2, -0.15) is 0 Å². The molecule has 5 amide bonds. The highest BCUT2D eigenvalue weighted by atomic mass is 16.5. The van der Waals surface area contributed by atoms with E-state index in [0.29, 0.717) is 6.42 Å². The highest BCUT2D eigenvalue weighted by molar-refractivity contribution is 5.98. The van der Waals surface area contributed by atoms with Crippen LogP contribution >= 0.6 is 0 Å². The molecule has 12 heteroatoms. The fraction of sp³-hybridized carbons (Fsp3) is 0.625. The van der Waals surface area contributed by atoms with Crippen molar-refractivity contribution in [3.63, 3.8) is 0 Å². The Labute approximate surface area is 261 Å². The third-order valence-corrected chi connectivity index (χ3v) is 6.81. The van der Waals surface area contributed by atoms with Gasteiger partial charge in [-0.1, -0.05) is 58.0 Å². The maximum absolute atomic E-state index is 13.5. The zero-order valence-electron chi connectivity index (χ0n) is 27.8. The molecule has 1 rings (SSSR count). The first-order chi connectivity index (χ1) is 20.3. The summed E-state index contributed by atoms with van der Waals surface area (Å²) >= 11 is 0. The summed E-state index contributed by atoms with van der Waals surface area (Å²) in [5, 5.41) is 13.4. The quantitative estimate of drug-likeness (QED) is 0.176. The Bertz CT molecular complexity index is 1160. The van der Waals surface area contributed by atoms with Crippen molar-refractivity contribution in [3.05, 3.63) is 35.9 Å². The van der Waals surface area contributed by atoms with E-state index >= 15 is 0 Å². The molecule has 0 bridgehead atoms. The predicted molar refractivity (Wildman–Crippen MR) is 167 cm³/mol. The van der Waals surface area contributed by atoms with Crippen LogP contribution in [-0.4, -0.2) is 71.8 Å². The summed E-state index contributed by atoms with van der Waals surface area (Å²) < 4.78 is 4.88. The Kier molecular flexibility index (Phi) is 14.5. The molecule has 12 nitrogen and oxygen atoms in total. The van der Waals surface area contributed by atoms with Crippen LogP contribution in [0, 0.1) is 11.8 Å². The van der Waals surface area contributed by atoms with Crippen LogP contribution in [0.15, 0.2) is 30.3 Å². The summed E-state index contributed by atoms with van der Waals surface area (Å²) in [5.74, 6) is -3.27. The molecule has 0 aliphatic rings. The van der Waals surface area contributed by atoms with Crippen LogP contribution in [0.25, 0.3) is 0 Å².